The molecule has 0 radical (unpaired) electrons. The van der Waals surface area contributed by atoms with E-state index in [1.54, 1.807) is 12.5 Å². The average molecular weight is 485 g/mol. The van der Waals surface area contributed by atoms with Crippen molar-refractivity contribution in [2.75, 3.05) is 10.6 Å². The molecule has 1 amide bonds. The Morgan fingerprint density at radius 1 is 0.865 bits per heavy atom. The van der Waals surface area contributed by atoms with Gasteiger partial charge in [0.25, 0.3) is 5.91 Å². The summed E-state index contributed by atoms with van der Waals surface area (Å²) in [6.45, 7) is 2.08. The molecule has 0 saturated heterocycles. The van der Waals surface area contributed by atoms with Crippen LogP contribution in [-0.4, -0.2) is 25.4 Å². The average Bonchev–Trinajstić information content (AvgIpc) is 3.36. The first kappa shape index (κ1) is 22.4. The Morgan fingerprint density at radius 3 is 2.57 bits per heavy atom. The van der Waals surface area contributed by atoms with Crippen LogP contribution in [0, 0.1) is 0 Å². The van der Waals surface area contributed by atoms with Crippen LogP contribution >= 0.6 is 0 Å². The molecule has 0 aliphatic carbocycles. The number of benzene rings is 4. The monoisotopic (exact) mass is 484 g/mol. The Balaban J connectivity index is 1.24. The Bertz CT molecular complexity index is 1720. The molecule has 37 heavy (non-hydrogen) atoms. The molecule has 4 aromatic carbocycles. The van der Waals surface area contributed by atoms with Gasteiger partial charge in [0.15, 0.2) is 0 Å². The molecule has 0 aliphatic rings. The number of anilines is 2. The van der Waals surface area contributed by atoms with Crippen molar-refractivity contribution in [3.8, 4) is 5.82 Å². The number of hydrogen-bond acceptors (Lipinski definition) is 5. The molecule has 180 valence electrons. The fraction of sp³-hybridized carbons (Fsp3) is 0.0667. The predicted molar refractivity (Wildman–Crippen MR) is 147 cm³/mol. The molecule has 0 unspecified atom stereocenters. The molecular weight excluding hydrogens is 460 g/mol. The third kappa shape index (κ3) is 4.50. The smallest absolute Gasteiger partial charge is 0.256 e. The van der Waals surface area contributed by atoms with E-state index in [1.807, 2.05) is 89.5 Å². The Labute approximate surface area is 213 Å². The standard InChI is InChI=1S/C30H24N6O/c1-20(21-8-3-2-4-9-21)33-30-31-17-16-28(35-30)36-19-32-26-18-23(14-15-27(26)36)34-29(37)25-13-7-11-22-10-5-6-12-24(22)25/h2-20H,1H3,(H,34,37)(H,31,33,35)/t20-/m0/s1. The van der Waals surface area contributed by atoms with Gasteiger partial charge in [-0.15, -0.1) is 0 Å². The van der Waals surface area contributed by atoms with Gasteiger partial charge in [0.2, 0.25) is 5.95 Å². The van der Waals surface area contributed by atoms with Gasteiger partial charge in [-0.05, 0) is 53.6 Å². The molecule has 2 heterocycles. The van der Waals surface area contributed by atoms with Crippen molar-refractivity contribution >= 4 is 39.3 Å². The molecule has 0 fully saturated rings. The quantitative estimate of drug-likeness (QED) is 0.286. The second-order valence-electron chi connectivity index (χ2n) is 8.81. The maximum absolute atomic E-state index is 13.1. The number of aromatic nitrogens is 4. The molecule has 0 saturated carbocycles. The topological polar surface area (TPSA) is 84.7 Å². The summed E-state index contributed by atoms with van der Waals surface area (Å²) in [6, 6.07) is 31.4. The summed E-state index contributed by atoms with van der Waals surface area (Å²) in [5.41, 5.74) is 4.10. The summed E-state index contributed by atoms with van der Waals surface area (Å²) in [5, 5.41) is 8.33. The number of hydrogen-bond donors (Lipinski definition) is 2. The zero-order valence-electron chi connectivity index (χ0n) is 20.2. The number of nitrogens with one attached hydrogen (secondary N) is 2. The summed E-state index contributed by atoms with van der Waals surface area (Å²) >= 11 is 0. The van der Waals surface area contributed by atoms with Crippen molar-refractivity contribution in [1.82, 2.24) is 19.5 Å². The minimum absolute atomic E-state index is 0.0592. The van der Waals surface area contributed by atoms with Gasteiger partial charge in [-0.1, -0.05) is 66.7 Å². The minimum Gasteiger partial charge on any atom is -0.348 e. The molecule has 2 N–H and O–H groups in total. The lowest BCUT2D eigenvalue weighted by Gasteiger charge is -2.14. The number of carbonyl (C=O) groups is 1. The van der Waals surface area contributed by atoms with Gasteiger partial charge in [-0.25, -0.2) is 9.97 Å². The van der Waals surface area contributed by atoms with E-state index in [1.165, 1.54) is 0 Å². The zero-order chi connectivity index (χ0) is 25.2. The SMILES string of the molecule is C[C@H](Nc1nccc(-n2cnc3cc(NC(=O)c4cccc5ccccc45)ccc32)n1)c1ccccc1. The lowest BCUT2D eigenvalue weighted by molar-refractivity contribution is 0.102. The van der Waals surface area contributed by atoms with Crippen molar-refractivity contribution in [3.05, 3.63) is 121 Å². The molecule has 7 heteroatoms. The van der Waals surface area contributed by atoms with Crippen LogP contribution in [0.4, 0.5) is 11.6 Å². The van der Waals surface area contributed by atoms with E-state index in [2.05, 4.69) is 39.7 Å². The van der Waals surface area contributed by atoms with Crippen molar-refractivity contribution in [3.63, 3.8) is 0 Å². The maximum atomic E-state index is 13.1. The van der Waals surface area contributed by atoms with E-state index in [0.29, 0.717) is 23.0 Å². The van der Waals surface area contributed by atoms with Gasteiger partial charge in [0.05, 0.1) is 17.1 Å². The van der Waals surface area contributed by atoms with Crippen molar-refractivity contribution < 1.29 is 4.79 Å². The van der Waals surface area contributed by atoms with Crippen molar-refractivity contribution in [1.29, 1.82) is 0 Å². The third-order valence-corrected chi connectivity index (χ3v) is 6.37. The van der Waals surface area contributed by atoms with Crippen LogP contribution in [0.25, 0.3) is 27.6 Å². The van der Waals surface area contributed by atoms with Crippen LogP contribution in [-0.2, 0) is 0 Å². The second-order valence-corrected chi connectivity index (χ2v) is 8.81. The molecule has 7 nitrogen and oxygen atoms in total. The molecule has 0 aliphatic heterocycles. The van der Waals surface area contributed by atoms with Gasteiger partial charge in [-0.2, -0.15) is 4.98 Å². The van der Waals surface area contributed by atoms with Crippen LogP contribution in [0.5, 0.6) is 0 Å². The lowest BCUT2D eigenvalue weighted by atomic mass is 10.0. The first-order valence-corrected chi connectivity index (χ1v) is 12.1. The Kier molecular flexibility index (Phi) is 5.78. The number of carbonyl (C=O) groups excluding carboxylic acids is 1. The molecule has 1 atom stereocenters. The number of imidazole rings is 1. The third-order valence-electron chi connectivity index (χ3n) is 6.37. The van der Waals surface area contributed by atoms with Crippen LogP contribution in [0.3, 0.4) is 0 Å². The maximum Gasteiger partial charge on any atom is 0.256 e. The summed E-state index contributed by atoms with van der Waals surface area (Å²) in [4.78, 5) is 26.7. The van der Waals surface area contributed by atoms with Crippen LogP contribution in [0.15, 0.2) is 110 Å². The van der Waals surface area contributed by atoms with E-state index < -0.39 is 0 Å². The summed E-state index contributed by atoms with van der Waals surface area (Å²) < 4.78 is 1.91. The summed E-state index contributed by atoms with van der Waals surface area (Å²) in [6.07, 6.45) is 3.46. The highest BCUT2D eigenvalue weighted by Crippen LogP contribution is 2.24. The minimum atomic E-state index is -0.158. The van der Waals surface area contributed by atoms with Crippen LogP contribution < -0.4 is 10.6 Å². The highest BCUT2D eigenvalue weighted by Gasteiger charge is 2.13. The van der Waals surface area contributed by atoms with Crippen LogP contribution in [0.2, 0.25) is 0 Å². The van der Waals surface area contributed by atoms with Crippen molar-refractivity contribution in [2.45, 2.75) is 13.0 Å². The van der Waals surface area contributed by atoms with E-state index >= 15 is 0 Å². The Hall–Kier alpha value is -5.04. The highest BCUT2D eigenvalue weighted by molar-refractivity contribution is 6.13. The molecule has 6 aromatic rings. The largest absolute Gasteiger partial charge is 0.348 e. The molecular formula is C30H24N6O. The van der Waals surface area contributed by atoms with Gasteiger partial charge in [0, 0.05) is 17.4 Å². The second kappa shape index (κ2) is 9.54. The van der Waals surface area contributed by atoms with Crippen molar-refractivity contribution in [2.24, 2.45) is 0 Å². The predicted octanol–water partition coefficient (Wildman–Crippen LogP) is 6.39. The number of fused-ring (bicyclic) bond motifs is 2. The highest BCUT2D eigenvalue weighted by atomic mass is 16.1. The number of amides is 1. The molecule has 0 bridgehead atoms. The van der Waals surface area contributed by atoms with Gasteiger partial charge < -0.3 is 10.6 Å². The van der Waals surface area contributed by atoms with Crippen LogP contribution in [0.1, 0.15) is 28.9 Å². The summed E-state index contributed by atoms with van der Waals surface area (Å²) in [7, 11) is 0. The van der Waals surface area contributed by atoms with Gasteiger partial charge >= 0.3 is 0 Å². The molecule has 0 spiro atoms. The summed E-state index contributed by atoms with van der Waals surface area (Å²) in [5.74, 6) is 1.08. The first-order valence-electron chi connectivity index (χ1n) is 12.1. The van der Waals surface area contributed by atoms with Gasteiger partial charge in [-0.3, -0.25) is 9.36 Å². The number of nitrogens with zero attached hydrogens (tertiary/aromatic N) is 4. The molecule has 2 aromatic heterocycles. The molecule has 6 rings (SSSR count). The lowest BCUT2D eigenvalue weighted by Crippen LogP contribution is -2.12. The number of rotatable bonds is 6. The fourth-order valence-electron chi connectivity index (χ4n) is 4.47. The van der Waals surface area contributed by atoms with E-state index in [-0.39, 0.29) is 11.9 Å². The van der Waals surface area contributed by atoms with E-state index in [4.69, 9.17) is 4.98 Å². The van der Waals surface area contributed by atoms with Gasteiger partial charge in [0.1, 0.15) is 12.1 Å². The first-order chi connectivity index (χ1) is 18.2. The van der Waals surface area contributed by atoms with E-state index in [9.17, 15) is 4.79 Å². The van der Waals surface area contributed by atoms with E-state index in [0.717, 1.165) is 27.4 Å². The Morgan fingerprint density at radius 2 is 1.68 bits per heavy atom. The normalized spacial score (nSPS) is 11.9. The fourth-order valence-corrected chi connectivity index (χ4v) is 4.47. The zero-order valence-corrected chi connectivity index (χ0v) is 20.2.